The molecule has 5 aliphatic rings. The van der Waals surface area contributed by atoms with E-state index in [2.05, 4.69) is 6.92 Å². The lowest BCUT2D eigenvalue weighted by Crippen LogP contribution is -2.60. The number of cyclic esters (lactones) is 1. The van der Waals surface area contributed by atoms with Gasteiger partial charge in [0, 0.05) is 19.1 Å². The van der Waals surface area contributed by atoms with E-state index in [0.29, 0.717) is 0 Å². The van der Waals surface area contributed by atoms with Crippen LogP contribution in [0, 0.1) is 16.7 Å². The molecule has 1 spiro atoms. The van der Waals surface area contributed by atoms with Crippen LogP contribution in [0.3, 0.4) is 0 Å². The highest BCUT2D eigenvalue weighted by Crippen LogP contribution is 2.72. The summed E-state index contributed by atoms with van der Waals surface area (Å²) in [4.78, 5) is 24.6. The number of methoxy groups -OCH3 is 1. The molecule has 6 heteroatoms. The van der Waals surface area contributed by atoms with Gasteiger partial charge in [-0.05, 0) is 30.8 Å². The fraction of sp³-hybridized carbons (Fsp3) is 0.765. The van der Waals surface area contributed by atoms with E-state index in [0.717, 1.165) is 24.8 Å². The first kappa shape index (κ1) is 14.0. The summed E-state index contributed by atoms with van der Waals surface area (Å²) in [6.07, 6.45) is 2.89. The fourth-order valence-corrected chi connectivity index (χ4v) is 5.97. The monoisotopic (exact) mass is 320 g/mol. The Morgan fingerprint density at radius 2 is 1.91 bits per heavy atom. The van der Waals surface area contributed by atoms with E-state index < -0.39 is 23.3 Å². The number of hydrogen-bond acceptors (Lipinski definition) is 6. The topological polar surface area (TPSA) is 74.4 Å². The Morgan fingerprint density at radius 1 is 1.17 bits per heavy atom. The largest absolute Gasteiger partial charge is 0.459 e. The maximum absolute atomic E-state index is 12.6. The third kappa shape index (κ3) is 1.32. The minimum atomic E-state index is -0.776. The second kappa shape index (κ2) is 3.81. The van der Waals surface area contributed by atoms with E-state index in [1.165, 1.54) is 7.11 Å². The molecule has 1 unspecified atom stereocenters. The Morgan fingerprint density at radius 3 is 2.65 bits per heavy atom. The van der Waals surface area contributed by atoms with Gasteiger partial charge in [0.2, 0.25) is 6.29 Å². The predicted octanol–water partition coefficient (Wildman–Crippen LogP) is 1.33. The second-order valence-corrected chi connectivity index (χ2v) is 7.93. The van der Waals surface area contributed by atoms with E-state index in [9.17, 15) is 9.59 Å². The standard InChI is InChI=1S/C17H20O6/c1-15-5-4-6-16(2)11(15)10(22-13(16)19)12-17(23-12)8(15)7-9(18)21-14(17)20-3/h7,10-12,14H,4-6H2,1-3H3/t10-,11+,12+,14?,15+,16-,17-/m0/s1. The van der Waals surface area contributed by atoms with Crippen molar-refractivity contribution in [2.75, 3.05) is 7.11 Å². The molecule has 0 aromatic carbocycles. The number of esters is 2. The molecule has 4 fully saturated rings. The quantitative estimate of drug-likeness (QED) is 0.536. The molecule has 2 saturated heterocycles. The predicted molar refractivity (Wildman–Crippen MR) is 76.0 cm³/mol. The van der Waals surface area contributed by atoms with Crippen molar-refractivity contribution in [2.45, 2.75) is 57.2 Å². The van der Waals surface area contributed by atoms with E-state index in [4.69, 9.17) is 18.9 Å². The summed E-state index contributed by atoms with van der Waals surface area (Å²) >= 11 is 0. The van der Waals surface area contributed by atoms with Crippen LogP contribution in [-0.2, 0) is 28.5 Å². The molecule has 3 heterocycles. The lowest BCUT2D eigenvalue weighted by Gasteiger charge is -2.53. The summed E-state index contributed by atoms with van der Waals surface area (Å²) in [6, 6.07) is 0. The Bertz CT molecular complexity index is 670. The summed E-state index contributed by atoms with van der Waals surface area (Å²) in [5.74, 6) is -0.500. The SMILES string of the molecule is COC1OC(=O)C=C2[C@@]13O[C@@H]3[C@H]1OC(=O)[C@@]3(C)CCC[C@@]2(C)[C@@H]13. The number of carbonyl (C=O) groups is 2. The number of ether oxygens (including phenoxy) is 4. The molecule has 2 saturated carbocycles. The van der Waals surface area contributed by atoms with Crippen LogP contribution in [0.2, 0.25) is 0 Å². The van der Waals surface area contributed by atoms with Gasteiger partial charge in [0.25, 0.3) is 0 Å². The lowest BCUT2D eigenvalue weighted by molar-refractivity contribution is -0.187. The zero-order valence-electron chi connectivity index (χ0n) is 13.5. The van der Waals surface area contributed by atoms with Gasteiger partial charge in [-0.2, -0.15) is 0 Å². The Hall–Kier alpha value is -1.40. The number of rotatable bonds is 1. The summed E-state index contributed by atoms with van der Waals surface area (Å²) in [7, 11) is 1.51. The van der Waals surface area contributed by atoms with Gasteiger partial charge in [0.1, 0.15) is 12.2 Å². The van der Waals surface area contributed by atoms with E-state index in [-0.39, 0.29) is 29.5 Å². The van der Waals surface area contributed by atoms with E-state index in [1.807, 2.05) is 6.92 Å². The molecule has 2 aliphatic carbocycles. The third-order valence-corrected chi connectivity index (χ3v) is 6.87. The highest BCUT2D eigenvalue weighted by atomic mass is 16.8. The zero-order chi connectivity index (χ0) is 16.2. The van der Waals surface area contributed by atoms with Crippen LogP contribution in [0.15, 0.2) is 11.6 Å². The highest BCUT2D eigenvalue weighted by Gasteiger charge is 2.83. The van der Waals surface area contributed by atoms with Crippen molar-refractivity contribution in [2.24, 2.45) is 16.7 Å². The number of epoxide rings is 1. The van der Waals surface area contributed by atoms with Crippen LogP contribution in [0.1, 0.15) is 33.1 Å². The zero-order valence-corrected chi connectivity index (χ0v) is 13.5. The number of hydrogen-bond donors (Lipinski definition) is 0. The Labute approximate surface area is 134 Å². The van der Waals surface area contributed by atoms with E-state index >= 15 is 0 Å². The second-order valence-electron chi connectivity index (χ2n) is 7.93. The van der Waals surface area contributed by atoms with Crippen molar-refractivity contribution < 1.29 is 28.5 Å². The van der Waals surface area contributed by atoms with Crippen LogP contribution < -0.4 is 0 Å². The van der Waals surface area contributed by atoms with Crippen molar-refractivity contribution in [3.63, 3.8) is 0 Å². The minimum Gasteiger partial charge on any atom is -0.459 e. The minimum absolute atomic E-state index is 0.0338. The maximum atomic E-state index is 12.6. The summed E-state index contributed by atoms with van der Waals surface area (Å²) in [5.41, 5.74) is -0.654. The van der Waals surface area contributed by atoms with Crippen LogP contribution in [0.25, 0.3) is 0 Å². The van der Waals surface area contributed by atoms with Crippen molar-refractivity contribution in [3.8, 4) is 0 Å². The molecule has 0 radical (unpaired) electrons. The van der Waals surface area contributed by atoms with Gasteiger partial charge in [0.15, 0.2) is 5.60 Å². The lowest BCUT2D eigenvalue weighted by atomic mass is 9.48. The van der Waals surface area contributed by atoms with Crippen molar-refractivity contribution in [1.82, 2.24) is 0 Å². The summed E-state index contributed by atoms with van der Waals surface area (Å²) in [5, 5.41) is 0. The molecular formula is C17H20O6. The van der Waals surface area contributed by atoms with Crippen LogP contribution >= 0.6 is 0 Å². The molecule has 0 aromatic rings. The van der Waals surface area contributed by atoms with E-state index in [1.54, 1.807) is 6.08 Å². The summed E-state index contributed by atoms with van der Waals surface area (Å²) < 4.78 is 22.6. The molecule has 6 nitrogen and oxygen atoms in total. The molecule has 0 aromatic heterocycles. The molecule has 124 valence electrons. The Kier molecular flexibility index (Phi) is 2.31. The molecular weight excluding hydrogens is 300 g/mol. The first-order valence-corrected chi connectivity index (χ1v) is 8.23. The smallest absolute Gasteiger partial charge is 0.333 e. The first-order chi connectivity index (χ1) is 10.9. The number of carbonyl (C=O) groups excluding carboxylic acids is 2. The fourth-order valence-electron chi connectivity index (χ4n) is 5.97. The average molecular weight is 320 g/mol. The maximum Gasteiger partial charge on any atom is 0.333 e. The molecule has 0 N–H and O–H groups in total. The number of fused-ring (bicyclic) bond motifs is 2. The third-order valence-electron chi connectivity index (χ3n) is 6.87. The highest BCUT2D eigenvalue weighted by molar-refractivity contribution is 5.87. The van der Waals surface area contributed by atoms with Gasteiger partial charge in [-0.25, -0.2) is 4.79 Å². The molecule has 0 bridgehead atoms. The van der Waals surface area contributed by atoms with Gasteiger partial charge in [-0.3, -0.25) is 4.79 Å². The van der Waals surface area contributed by atoms with Crippen LogP contribution in [-0.4, -0.2) is 43.1 Å². The van der Waals surface area contributed by atoms with Crippen LogP contribution in [0.5, 0.6) is 0 Å². The molecule has 0 amide bonds. The van der Waals surface area contributed by atoms with Crippen molar-refractivity contribution in [3.05, 3.63) is 11.6 Å². The van der Waals surface area contributed by atoms with Crippen molar-refractivity contribution in [1.29, 1.82) is 0 Å². The van der Waals surface area contributed by atoms with Gasteiger partial charge in [-0.1, -0.05) is 13.3 Å². The molecule has 23 heavy (non-hydrogen) atoms. The average Bonchev–Trinajstić information content (AvgIpc) is 3.17. The molecule has 7 atom stereocenters. The van der Waals surface area contributed by atoms with Gasteiger partial charge < -0.3 is 18.9 Å². The van der Waals surface area contributed by atoms with Gasteiger partial charge in [0.05, 0.1) is 5.41 Å². The molecule has 3 aliphatic heterocycles. The normalized spacial score (nSPS) is 55.9. The first-order valence-electron chi connectivity index (χ1n) is 8.23. The van der Waals surface area contributed by atoms with Gasteiger partial charge >= 0.3 is 11.9 Å². The summed E-state index contributed by atoms with van der Waals surface area (Å²) in [6.45, 7) is 4.14. The van der Waals surface area contributed by atoms with Crippen LogP contribution in [0.4, 0.5) is 0 Å². The van der Waals surface area contributed by atoms with Crippen molar-refractivity contribution >= 4 is 11.9 Å². The van der Waals surface area contributed by atoms with Gasteiger partial charge in [-0.15, -0.1) is 0 Å². The Balaban J connectivity index is 1.73. The molecule has 5 rings (SSSR count).